The van der Waals surface area contributed by atoms with Crippen LogP contribution in [-0.2, 0) is 4.79 Å². The molecule has 1 N–H and O–H groups in total. The third-order valence-corrected chi connectivity index (χ3v) is 2.03. The molecule has 0 aromatic heterocycles. The van der Waals surface area contributed by atoms with E-state index in [2.05, 4.69) is 5.32 Å². The number of nitrogens with zero attached hydrogens (tertiary/aromatic N) is 1. The van der Waals surface area contributed by atoms with E-state index >= 15 is 0 Å². The Labute approximate surface area is 76.1 Å². The maximum atomic E-state index is 11.7. The predicted octanol–water partition coefficient (Wildman–Crippen LogP) is 0.464. The van der Waals surface area contributed by atoms with Crippen molar-refractivity contribution in [2.75, 3.05) is 26.2 Å². The average molecular weight is 192 g/mol. The third-order valence-electron chi connectivity index (χ3n) is 2.03. The molecule has 1 heterocycles. The molecule has 0 saturated carbocycles. The number of carbonyl (C=O) groups is 1. The summed E-state index contributed by atoms with van der Waals surface area (Å²) in [6.07, 6.45) is -0.326. The van der Waals surface area contributed by atoms with Crippen molar-refractivity contribution >= 4 is 5.91 Å². The minimum Gasteiger partial charge on any atom is -0.342 e. The molecule has 0 atom stereocenters. The van der Waals surface area contributed by atoms with E-state index in [1.54, 1.807) is 4.90 Å². The Balaban J connectivity index is 2.10. The minimum absolute atomic E-state index is 0.0321. The third kappa shape index (κ3) is 3.67. The lowest BCUT2D eigenvalue weighted by atomic mass is 10.4. The van der Waals surface area contributed by atoms with Gasteiger partial charge in [0.05, 0.1) is 13.1 Å². The maximum Gasteiger partial charge on any atom is 0.250 e. The fraction of sp³-hybridized carbons (Fsp3) is 0.875. The number of hydrogen-bond donors (Lipinski definition) is 1. The van der Waals surface area contributed by atoms with E-state index in [-0.39, 0.29) is 12.5 Å². The molecule has 13 heavy (non-hydrogen) atoms. The van der Waals surface area contributed by atoms with Crippen molar-refractivity contribution in [2.45, 2.75) is 19.3 Å². The van der Waals surface area contributed by atoms with Crippen molar-refractivity contribution in [3.8, 4) is 0 Å². The van der Waals surface area contributed by atoms with Gasteiger partial charge in [0, 0.05) is 13.1 Å². The standard InChI is InChI=1S/C8H14F2N2O/c9-7(10)5-11-6-8(13)12-3-1-2-4-12/h7,11H,1-6H2. The van der Waals surface area contributed by atoms with Crippen molar-refractivity contribution in [2.24, 2.45) is 0 Å². The summed E-state index contributed by atoms with van der Waals surface area (Å²) in [4.78, 5) is 13.0. The lowest BCUT2D eigenvalue weighted by molar-refractivity contribution is -0.129. The van der Waals surface area contributed by atoms with E-state index in [1.807, 2.05) is 0 Å². The molecule has 0 aliphatic carbocycles. The molecule has 1 saturated heterocycles. The van der Waals surface area contributed by atoms with Gasteiger partial charge in [0.25, 0.3) is 6.43 Å². The molecule has 3 nitrogen and oxygen atoms in total. The molecule has 1 fully saturated rings. The van der Waals surface area contributed by atoms with Crippen LogP contribution in [0.4, 0.5) is 8.78 Å². The van der Waals surface area contributed by atoms with Gasteiger partial charge in [-0.25, -0.2) is 8.78 Å². The topological polar surface area (TPSA) is 32.3 Å². The van der Waals surface area contributed by atoms with Crippen LogP contribution in [0.15, 0.2) is 0 Å². The van der Waals surface area contributed by atoms with Crippen molar-refractivity contribution in [3.63, 3.8) is 0 Å². The predicted molar refractivity (Wildman–Crippen MR) is 44.7 cm³/mol. The summed E-state index contributed by atoms with van der Waals surface area (Å²) in [6.45, 7) is 1.17. The Morgan fingerprint density at radius 3 is 2.54 bits per heavy atom. The van der Waals surface area contributed by atoms with Crippen LogP contribution < -0.4 is 5.32 Å². The smallest absolute Gasteiger partial charge is 0.250 e. The molecule has 0 aromatic carbocycles. The van der Waals surface area contributed by atoms with E-state index in [9.17, 15) is 13.6 Å². The molecule has 0 radical (unpaired) electrons. The zero-order chi connectivity index (χ0) is 9.68. The van der Waals surface area contributed by atoms with E-state index < -0.39 is 13.0 Å². The van der Waals surface area contributed by atoms with Gasteiger partial charge in [-0.15, -0.1) is 0 Å². The Hall–Kier alpha value is -0.710. The number of hydrogen-bond acceptors (Lipinski definition) is 2. The van der Waals surface area contributed by atoms with Crippen LogP contribution in [0.25, 0.3) is 0 Å². The van der Waals surface area contributed by atoms with Crippen LogP contribution in [0, 0.1) is 0 Å². The van der Waals surface area contributed by atoms with E-state index in [1.165, 1.54) is 0 Å². The van der Waals surface area contributed by atoms with E-state index in [4.69, 9.17) is 0 Å². The van der Waals surface area contributed by atoms with Gasteiger partial charge in [-0.05, 0) is 12.8 Å². The summed E-state index contributed by atoms with van der Waals surface area (Å²) < 4.78 is 23.4. The molecule has 0 spiro atoms. The van der Waals surface area contributed by atoms with Gasteiger partial charge < -0.3 is 10.2 Å². The summed E-state index contributed by atoms with van der Waals surface area (Å²) >= 11 is 0. The molecule has 0 bridgehead atoms. The number of nitrogens with one attached hydrogen (secondary N) is 1. The van der Waals surface area contributed by atoms with Crippen LogP contribution >= 0.6 is 0 Å². The van der Waals surface area contributed by atoms with Crippen LogP contribution in [0.1, 0.15) is 12.8 Å². The molecule has 1 aliphatic heterocycles. The second-order valence-corrected chi connectivity index (χ2v) is 3.11. The zero-order valence-electron chi connectivity index (χ0n) is 7.43. The number of likely N-dealkylation sites (tertiary alicyclic amines) is 1. The first-order valence-corrected chi connectivity index (χ1v) is 4.47. The molecule has 0 unspecified atom stereocenters. The average Bonchev–Trinajstić information content (AvgIpc) is 2.55. The molecule has 76 valence electrons. The Bertz CT molecular complexity index is 170. The number of alkyl halides is 2. The van der Waals surface area contributed by atoms with E-state index in [0.717, 1.165) is 25.9 Å². The second-order valence-electron chi connectivity index (χ2n) is 3.11. The number of amides is 1. The SMILES string of the molecule is O=C(CNCC(F)F)N1CCCC1. The van der Waals surface area contributed by atoms with Gasteiger partial charge in [0.2, 0.25) is 5.91 Å². The van der Waals surface area contributed by atoms with Gasteiger partial charge in [-0.3, -0.25) is 4.79 Å². The van der Waals surface area contributed by atoms with Gasteiger partial charge in [0.1, 0.15) is 0 Å². The summed E-state index contributed by atoms with van der Waals surface area (Å²) in [7, 11) is 0. The first-order chi connectivity index (χ1) is 6.20. The van der Waals surface area contributed by atoms with Crippen molar-refractivity contribution in [1.82, 2.24) is 10.2 Å². The highest BCUT2D eigenvalue weighted by Gasteiger charge is 2.17. The summed E-state index contributed by atoms with van der Waals surface area (Å²) in [5.74, 6) is -0.0712. The largest absolute Gasteiger partial charge is 0.342 e. The van der Waals surface area contributed by atoms with Gasteiger partial charge >= 0.3 is 0 Å². The first kappa shape index (κ1) is 10.4. The molecule has 1 aliphatic rings. The summed E-state index contributed by atoms with van der Waals surface area (Å²) in [6, 6.07) is 0. The second kappa shape index (κ2) is 5.11. The number of carbonyl (C=O) groups excluding carboxylic acids is 1. The van der Waals surface area contributed by atoms with Gasteiger partial charge in [-0.1, -0.05) is 0 Å². The first-order valence-electron chi connectivity index (χ1n) is 4.47. The lowest BCUT2D eigenvalue weighted by Crippen LogP contribution is -2.37. The van der Waals surface area contributed by atoms with Crippen LogP contribution in [-0.4, -0.2) is 43.4 Å². The van der Waals surface area contributed by atoms with Crippen LogP contribution in [0.3, 0.4) is 0 Å². The van der Waals surface area contributed by atoms with Gasteiger partial charge in [0.15, 0.2) is 0 Å². The van der Waals surface area contributed by atoms with Crippen LogP contribution in [0.2, 0.25) is 0 Å². The Morgan fingerprint density at radius 2 is 2.00 bits per heavy atom. The quantitative estimate of drug-likeness (QED) is 0.702. The molecular weight excluding hydrogens is 178 g/mol. The Morgan fingerprint density at radius 1 is 1.38 bits per heavy atom. The molecular formula is C8H14F2N2O. The monoisotopic (exact) mass is 192 g/mol. The minimum atomic E-state index is -2.38. The summed E-state index contributed by atoms with van der Waals surface area (Å²) in [5.41, 5.74) is 0. The highest BCUT2D eigenvalue weighted by molar-refractivity contribution is 5.78. The zero-order valence-corrected chi connectivity index (χ0v) is 7.43. The van der Waals surface area contributed by atoms with Crippen molar-refractivity contribution in [3.05, 3.63) is 0 Å². The fourth-order valence-electron chi connectivity index (χ4n) is 1.37. The number of halogens is 2. The molecule has 1 rings (SSSR count). The fourth-order valence-corrected chi connectivity index (χ4v) is 1.37. The van der Waals surface area contributed by atoms with Crippen LogP contribution in [0.5, 0.6) is 0 Å². The molecule has 1 amide bonds. The molecule has 0 aromatic rings. The Kier molecular flexibility index (Phi) is 4.08. The maximum absolute atomic E-state index is 11.7. The summed E-state index contributed by atoms with van der Waals surface area (Å²) in [5, 5.41) is 2.42. The van der Waals surface area contributed by atoms with Gasteiger partial charge in [-0.2, -0.15) is 0 Å². The van der Waals surface area contributed by atoms with Crippen molar-refractivity contribution < 1.29 is 13.6 Å². The molecule has 5 heteroatoms. The van der Waals surface area contributed by atoms with E-state index in [0.29, 0.717) is 0 Å². The highest BCUT2D eigenvalue weighted by atomic mass is 19.3. The normalized spacial score (nSPS) is 17.0. The van der Waals surface area contributed by atoms with Crippen molar-refractivity contribution in [1.29, 1.82) is 0 Å². The number of rotatable bonds is 4. The lowest BCUT2D eigenvalue weighted by Gasteiger charge is -2.15. The highest BCUT2D eigenvalue weighted by Crippen LogP contribution is 2.06.